The van der Waals surface area contributed by atoms with Gasteiger partial charge in [0.2, 0.25) is 5.91 Å². The lowest BCUT2D eigenvalue weighted by molar-refractivity contribution is -0.122. The van der Waals surface area contributed by atoms with E-state index in [0.717, 1.165) is 5.56 Å². The summed E-state index contributed by atoms with van der Waals surface area (Å²) in [4.78, 5) is 32.0. The first-order valence-electron chi connectivity index (χ1n) is 7.93. The summed E-state index contributed by atoms with van der Waals surface area (Å²) in [7, 11) is 0. The zero-order chi connectivity index (χ0) is 16.8. The van der Waals surface area contributed by atoms with Gasteiger partial charge in [-0.25, -0.2) is 0 Å². The van der Waals surface area contributed by atoms with E-state index < -0.39 is 0 Å². The molecule has 0 spiro atoms. The van der Waals surface area contributed by atoms with Crippen molar-refractivity contribution in [3.05, 3.63) is 54.2 Å². The van der Waals surface area contributed by atoms with E-state index >= 15 is 0 Å². The Hall–Kier alpha value is -2.67. The molecule has 0 saturated carbocycles. The second kappa shape index (κ2) is 7.74. The molecular weight excluding hydrogens is 308 g/mol. The van der Waals surface area contributed by atoms with E-state index in [2.05, 4.69) is 10.3 Å². The molecule has 0 aliphatic carbocycles. The highest BCUT2D eigenvalue weighted by Gasteiger charge is 2.24. The maximum atomic E-state index is 12.2. The predicted molar refractivity (Wildman–Crippen MR) is 87.1 cm³/mol. The molecule has 2 amide bonds. The van der Waals surface area contributed by atoms with Crippen LogP contribution in [0, 0.1) is 0 Å². The third kappa shape index (κ3) is 4.20. The highest BCUT2D eigenvalue weighted by Crippen LogP contribution is 2.09. The Morgan fingerprint density at radius 2 is 2.00 bits per heavy atom. The molecular formula is C17H20N4O3. The third-order valence-corrected chi connectivity index (χ3v) is 3.97. The molecule has 1 N–H and O–H groups in total. The van der Waals surface area contributed by atoms with Gasteiger partial charge in [-0.3, -0.25) is 19.5 Å². The molecule has 1 fully saturated rings. The van der Waals surface area contributed by atoms with E-state index in [4.69, 9.17) is 4.42 Å². The molecule has 1 saturated heterocycles. The van der Waals surface area contributed by atoms with E-state index in [-0.39, 0.29) is 11.8 Å². The Kier molecular flexibility index (Phi) is 5.22. The summed E-state index contributed by atoms with van der Waals surface area (Å²) in [6.07, 6.45) is 4.93. The van der Waals surface area contributed by atoms with Crippen molar-refractivity contribution in [1.82, 2.24) is 20.1 Å². The molecule has 0 unspecified atom stereocenters. The van der Waals surface area contributed by atoms with Crippen molar-refractivity contribution in [2.45, 2.75) is 6.54 Å². The number of piperazine rings is 1. The van der Waals surface area contributed by atoms with Gasteiger partial charge in [0.15, 0.2) is 5.76 Å². The molecule has 0 radical (unpaired) electrons. The fourth-order valence-corrected chi connectivity index (χ4v) is 2.63. The molecule has 1 aliphatic rings. The molecule has 2 aromatic rings. The standard InChI is InChI=1S/C17H20N4O3/c22-16(19-12-14-3-1-5-18-11-14)13-20-6-8-21(9-7-20)17(23)15-4-2-10-24-15/h1-5,10-11H,6-9,12-13H2,(H,19,22). The number of pyridine rings is 1. The Balaban J connectivity index is 1.40. The highest BCUT2D eigenvalue weighted by molar-refractivity contribution is 5.91. The molecule has 2 aromatic heterocycles. The molecule has 0 atom stereocenters. The van der Waals surface area contributed by atoms with Gasteiger partial charge in [0, 0.05) is 45.1 Å². The van der Waals surface area contributed by atoms with Gasteiger partial charge in [-0.2, -0.15) is 0 Å². The quantitative estimate of drug-likeness (QED) is 0.876. The van der Waals surface area contributed by atoms with Crippen LogP contribution in [-0.2, 0) is 11.3 Å². The summed E-state index contributed by atoms with van der Waals surface area (Å²) >= 11 is 0. The van der Waals surface area contributed by atoms with Crippen molar-refractivity contribution in [3.63, 3.8) is 0 Å². The van der Waals surface area contributed by atoms with Crippen molar-refractivity contribution in [3.8, 4) is 0 Å². The first kappa shape index (κ1) is 16.2. The predicted octanol–water partition coefficient (Wildman–Crippen LogP) is 0.749. The highest BCUT2D eigenvalue weighted by atomic mass is 16.3. The van der Waals surface area contributed by atoms with E-state index in [9.17, 15) is 9.59 Å². The second-order valence-electron chi connectivity index (χ2n) is 5.68. The van der Waals surface area contributed by atoms with Crippen LogP contribution in [0.3, 0.4) is 0 Å². The number of nitrogens with one attached hydrogen (secondary N) is 1. The largest absolute Gasteiger partial charge is 0.459 e. The molecule has 1 aliphatic heterocycles. The van der Waals surface area contributed by atoms with Gasteiger partial charge in [-0.1, -0.05) is 6.07 Å². The normalized spacial score (nSPS) is 15.2. The smallest absolute Gasteiger partial charge is 0.289 e. The number of carbonyl (C=O) groups is 2. The SMILES string of the molecule is O=C(CN1CCN(C(=O)c2ccco2)CC1)NCc1cccnc1. The van der Waals surface area contributed by atoms with Crippen LogP contribution in [0.2, 0.25) is 0 Å². The summed E-state index contributed by atoms with van der Waals surface area (Å²) in [5.41, 5.74) is 0.972. The minimum Gasteiger partial charge on any atom is -0.459 e. The number of aromatic nitrogens is 1. The summed E-state index contributed by atoms with van der Waals surface area (Å²) < 4.78 is 5.14. The van der Waals surface area contributed by atoms with Crippen LogP contribution in [0.4, 0.5) is 0 Å². The van der Waals surface area contributed by atoms with E-state index in [1.807, 2.05) is 17.0 Å². The zero-order valence-corrected chi connectivity index (χ0v) is 13.4. The molecule has 126 valence electrons. The van der Waals surface area contributed by atoms with E-state index in [1.165, 1.54) is 6.26 Å². The van der Waals surface area contributed by atoms with Gasteiger partial charge in [0.05, 0.1) is 12.8 Å². The van der Waals surface area contributed by atoms with Crippen molar-refractivity contribution in [2.24, 2.45) is 0 Å². The first-order valence-corrected chi connectivity index (χ1v) is 7.93. The minimum atomic E-state index is -0.0966. The van der Waals surface area contributed by atoms with Gasteiger partial charge in [0.1, 0.15) is 0 Å². The van der Waals surface area contributed by atoms with Crippen LogP contribution in [0.5, 0.6) is 0 Å². The summed E-state index contributed by atoms with van der Waals surface area (Å²) in [5, 5.41) is 2.89. The van der Waals surface area contributed by atoms with Crippen molar-refractivity contribution in [2.75, 3.05) is 32.7 Å². The third-order valence-electron chi connectivity index (χ3n) is 3.97. The number of nitrogens with zero attached hydrogens (tertiary/aromatic N) is 3. The second-order valence-corrected chi connectivity index (χ2v) is 5.68. The van der Waals surface area contributed by atoms with Gasteiger partial charge < -0.3 is 14.6 Å². The first-order chi connectivity index (χ1) is 11.7. The molecule has 3 heterocycles. The topological polar surface area (TPSA) is 78.7 Å². The monoisotopic (exact) mass is 328 g/mol. The Morgan fingerprint density at radius 1 is 1.17 bits per heavy atom. The van der Waals surface area contributed by atoms with Crippen LogP contribution in [0.15, 0.2) is 47.3 Å². The summed E-state index contributed by atoms with van der Waals surface area (Å²) in [6.45, 7) is 3.34. The van der Waals surface area contributed by atoms with Gasteiger partial charge in [-0.05, 0) is 23.8 Å². The van der Waals surface area contributed by atoms with Gasteiger partial charge >= 0.3 is 0 Å². The average molecular weight is 328 g/mol. The van der Waals surface area contributed by atoms with Gasteiger partial charge in [-0.15, -0.1) is 0 Å². The number of hydrogen-bond acceptors (Lipinski definition) is 5. The zero-order valence-electron chi connectivity index (χ0n) is 13.4. The number of furan rings is 1. The number of carbonyl (C=O) groups excluding carboxylic acids is 2. The van der Waals surface area contributed by atoms with Gasteiger partial charge in [0.25, 0.3) is 5.91 Å². The molecule has 7 nitrogen and oxygen atoms in total. The van der Waals surface area contributed by atoms with Crippen LogP contribution < -0.4 is 5.32 Å². The number of amides is 2. The number of rotatable bonds is 5. The van der Waals surface area contributed by atoms with Crippen molar-refractivity contribution < 1.29 is 14.0 Å². The summed E-state index contributed by atoms with van der Waals surface area (Å²) in [5.74, 6) is 0.239. The van der Waals surface area contributed by atoms with Crippen LogP contribution in [0.1, 0.15) is 16.1 Å². The maximum absolute atomic E-state index is 12.2. The molecule has 0 aromatic carbocycles. The molecule has 0 bridgehead atoms. The molecule has 3 rings (SSSR count). The Bertz CT molecular complexity index is 664. The maximum Gasteiger partial charge on any atom is 0.289 e. The fraction of sp³-hybridized carbons (Fsp3) is 0.353. The Morgan fingerprint density at radius 3 is 2.67 bits per heavy atom. The van der Waals surface area contributed by atoms with Crippen LogP contribution >= 0.6 is 0 Å². The molecule has 24 heavy (non-hydrogen) atoms. The van der Waals surface area contributed by atoms with Crippen molar-refractivity contribution >= 4 is 11.8 Å². The lowest BCUT2D eigenvalue weighted by atomic mass is 10.2. The Labute approximate surface area is 140 Å². The fourth-order valence-electron chi connectivity index (χ4n) is 2.63. The van der Waals surface area contributed by atoms with Crippen LogP contribution in [0.25, 0.3) is 0 Å². The lowest BCUT2D eigenvalue weighted by Crippen LogP contribution is -2.51. The minimum absolute atomic E-state index is 0.0235. The number of hydrogen-bond donors (Lipinski definition) is 1. The lowest BCUT2D eigenvalue weighted by Gasteiger charge is -2.33. The molecule has 7 heteroatoms. The summed E-state index contributed by atoms with van der Waals surface area (Å²) in [6, 6.07) is 7.14. The van der Waals surface area contributed by atoms with E-state index in [0.29, 0.717) is 45.0 Å². The van der Waals surface area contributed by atoms with Crippen LogP contribution in [-0.4, -0.2) is 59.3 Å². The average Bonchev–Trinajstić information content (AvgIpc) is 3.16. The van der Waals surface area contributed by atoms with E-state index in [1.54, 1.807) is 29.4 Å². The van der Waals surface area contributed by atoms with Crippen molar-refractivity contribution in [1.29, 1.82) is 0 Å².